The summed E-state index contributed by atoms with van der Waals surface area (Å²) in [6.07, 6.45) is 5.80. The Morgan fingerprint density at radius 2 is 1.86 bits per heavy atom. The molecule has 0 fully saturated rings. The van der Waals surface area contributed by atoms with E-state index in [0.29, 0.717) is 29.4 Å². The largest absolute Gasteiger partial charge is 0.384 e. The second kappa shape index (κ2) is 9.95. The van der Waals surface area contributed by atoms with Gasteiger partial charge in [0.1, 0.15) is 5.15 Å². The summed E-state index contributed by atoms with van der Waals surface area (Å²) in [7, 11) is 1.82. The minimum atomic E-state index is -0.208. The number of nitrogens with one attached hydrogen (secondary N) is 2. The predicted molar refractivity (Wildman–Crippen MR) is 140 cm³/mol. The van der Waals surface area contributed by atoms with Crippen LogP contribution in [0.3, 0.4) is 0 Å². The van der Waals surface area contributed by atoms with E-state index >= 15 is 0 Å². The van der Waals surface area contributed by atoms with Crippen LogP contribution in [-0.4, -0.2) is 32.2 Å². The number of benzene rings is 2. The minimum absolute atomic E-state index is 0.208. The highest BCUT2D eigenvalue weighted by Gasteiger charge is 2.17. The number of para-hydroxylation sites is 2. The molecule has 0 atom stereocenters. The van der Waals surface area contributed by atoms with E-state index in [0.717, 1.165) is 33.4 Å². The average molecular weight is 483 g/mol. The molecule has 5 aromatic rings. The number of fused-ring (bicyclic) bond motifs is 1. The number of halogens is 1. The molecular formula is C27H23ClN6O. The highest BCUT2D eigenvalue weighted by molar-refractivity contribution is 6.30. The van der Waals surface area contributed by atoms with Gasteiger partial charge < -0.3 is 10.6 Å². The summed E-state index contributed by atoms with van der Waals surface area (Å²) in [5, 5.41) is 12.5. The molecule has 1 amide bonds. The molecule has 8 heteroatoms. The van der Waals surface area contributed by atoms with Gasteiger partial charge in [0.25, 0.3) is 5.91 Å². The van der Waals surface area contributed by atoms with Crippen LogP contribution in [0.1, 0.15) is 15.9 Å². The first-order valence-electron chi connectivity index (χ1n) is 11.2. The van der Waals surface area contributed by atoms with E-state index in [9.17, 15) is 4.79 Å². The lowest BCUT2D eigenvalue weighted by Gasteiger charge is -2.13. The third-order valence-corrected chi connectivity index (χ3v) is 6.19. The Morgan fingerprint density at radius 3 is 2.71 bits per heavy atom. The van der Waals surface area contributed by atoms with Crippen LogP contribution in [0, 0.1) is 0 Å². The smallest absolute Gasteiger partial charge is 0.257 e. The number of nitrogens with zero attached hydrogens (tertiary/aromatic N) is 4. The van der Waals surface area contributed by atoms with Gasteiger partial charge in [0.2, 0.25) is 0 Å². The summed E-state index contributed by atoms with van der Waals surface area (Å²) in [6.45, 7) is 0.570. The van der Waals surface area contributed by atoms with E-state index in [1.165, 1.54) is 0 Å². The molecule has 0 unspecified atom stereocenters. The van der Waals surface area contributed by atoms with Crippen LogP contribution >= 0.6 is 11.6 Å². The lowest BCUT2D eigenvalue weighted by atomic mass is 10.1. The van der Waals surface area contributed by atoms with Gasteiger partial charge in [-0.1, -0.05) is 41.9 Å². The van der Waals surface area contributed by atoms with Gasteiger partial charge >= 0.3 is 0 Å². The summed E-state index contributed by atoms with van der Waals surface area (Å²) in [4.78, 5) is 21.7. The van der Waals surface area contributed by atoms with Gasteiger partial charge in [-0.3, -0.25) is 19.4 Å². The molecule has 2 aromatic carbocycles. The van der Waals surface area contributed by atoms with Crippen molar-refractivity contribution in [3.05, 3.63) is 102 Å². The van der Waals surface area contributed by atoms with Crippen LogP contribution in [0.25, 0.3) is 22.2 Å². The quantitative estimate of drug-likeness (QED) is 0.316. The lowest BCUT2D eigenvalue weighted by molar-refractivity contribution is 0.102. The Bertz CT molecular complexity index is 1500. The number of hydrogen-bond donors (Lipinski definition) is 2. The molecule has 5 rings (SSSR count). The highest BCUT2D eigenvalue weighted by atomic mass is 35.5. The fourth-order valence-electron chi connectivity index (χ4n) is 4.00. The molecule has 0 aliphatic heterocycles. The first-order chi connectivity index (χ1) is 17.1. The van der Waals surface area contributed by atoms with Crippen LogP contribution in [0.15, 0.2) is 85.3 Å². The standard InChI is InChI=1S/C27H23ClN6O/c1-34-26(28)22(25(33-34)19-8-6-13-29-16-19)12-14-30-24-11-5-3-9-21(24)27(35)32-20-15-18-7-2-4-10-23(18)31-17-20/h2-11,13,15-17,30H,12,14H2,1H3,(H,32,35). The first kappa shape index (κ1) is 22.6. The maximum Gasteiger partial charge on any atom is 0.257 e. The molecule has 3 aromatic heterocycles. The van der Waals surface area contributed by atoms with E-state index in [4.69, 9.17) is 11.6 Å². The van der Waals surface area contributed by atoms with Crippen LogP contribution in [0.2, 0.25) is 5.15 Å². The predicted octanol–water partition coefficient (Wildman–Crippen LogP) is 5.59. The molecule has 0 saturated carbocycles. The lowest BCUT2D eigenvalue weighted by Crippen LogP contribution is -2.16. The number of carbonyl (C=O) groups is 1. The number of aromatic nitrogens is 4. The molecule has 0 aliphatic carbocycles. The van der Waals surface area contributed by atoms with Gasteiger partial charge in [-0.2, -0.15) is 5.10 Å². The van der Waals surface area contributed by atoms with E-state index in [1.54, 1.807) is 29.3 Å². The van der Waals surface area contributed by atoms with Gasteiger partial charge in [0.05, 0.1) is 28.7 Å². The highest BCUT2D eigenvalue weighted by Crippen LogP contribution is 2.28. The Hall–Kier alpha value is -4.23. The Morgan fingerprint density at radius 1 is 1.03 bits per heavy atom. The molecule has 2 N–H and O–H groups in total. The molecule has 35 heavy (non-hydrogen) atoms. The average Bonchev–Trinajstić information content (AvgIpc) is 3.18. The van der Waals surface area contributed by atoms with Crippen molar-refractivity contribution < 1.29 is 4.79 Å². The van der Waals surface area contributed by atoms with Crippen LogP contribution < -0.4 is 10.6 Å². The first-order valence-corrected chi connectivity index (χ1v) is 11.6. The monoisotopic (exact) mass is 482 g/mol. The maximum atomic E-state index is 13.1. The fourth-order valence-corrected chi connectivity index (χ4v) is 4.22. The zero-order chi connectivity index (χ0) is 24.2. The number of anilines is 2. The zero-order valence-corrected chi connectivity index (χ0v) is 19.8. The van der Waals surface area contributed by atoms with E-state index < -0.39 is 0 Å². The molecule has 174 valence electrons. The fraction of sp³-hybridized carbons (Fsp3) is 0.111. The number of rotatable bonds is 7. The maximum absolute atomic E-state index is 13.1. The number of amides is 1. The van der Waals surface area contributed by atoms with Crippen molar-refractivity contribution in [2.24, 2.45) is 7.05 Å². The summed E-state index contributed by atoms with van der Waals surface area (Å²) in [5.74, 6) is -0.208. The topological polar surface area (TPSA) is 84.7 Å². The molecule has 0 aliphatic rings. The van der Waals surface area contributed by atoms with Crippen LogP contribution in [-0.2, 0) is 13.5 Å². The van der Waals surface area contributed by atoms with Crippen molar-refractivity contribution in [1.29, 1.82) is 0 Å². The van der Waals surface area contributed by atoms with Gasteiger partial charge in [-0.15, -0.1) is 0 Å². The van der Waals surface area contributed by atoms with E-state index in [2.05, 4.69) is 25.7 Å². The van der Waals surface area contributed by atoms with Crippen molar-refractivity contribution in [3.8, 4) is 11.3 Å². The van der Waals surface area contributed by atoms with Gasteiger partial charge in [0, 0.05) is 48.2 Å². The minimum Gasteiger partial charge on any atom is -0.384 e. The Kier molecular flexibility index (Phi) is 6.41. The summed E-state index contributed by atoms with van der Waals surface area (Å²) >= 11 is 6.54. The molecular weight excluding hydrogens is 460 g/mol. The number of pyridine rings is 2. The SMILES string of the molecule is Cn1nc(-c2cccnc2)c(CCNc2ccccc2C(=O)Nc2cnc3ccccc3c2)c1Cl. The summed E-state index contributed by atoms with van der Waals surface area (Å²) < 4.78 is 1.66. The van der Waals surface area contributed by atoms with Gasteiger partial charge in [-0.25, -0.2) is 0 Å². The van der Waals surface area contributed by atoms with E-state index in [1.807, 2.05) is 67.7 Å². The second-order valence-electron chi connectivity index (χ2n) is 8.08. The second-order valence-corrected chi connectivity index (χ2v) is 8.43. The van der Waals surface area contributed by atoms with Crippen molar-refractivity contribution in [2.45, 2.75) is 6.42 Å². The Balaban J connectivity index is 1.31. The number of carbonyl (C=O) groups excluding carboxylic acids is 1. The van der Waals surface area contributed by atoms with Crippen molar-refractivity contribution in [1.82, 2.24) is 19.7 Å². The third-order valence-electron chi connectivity index (χ3n) is 5.71. The molecule has 0 radical (unpaired) electrons. The van der Waals surface area contributed by atoms with Crippen molar-refractivity contribution in [3.63, 3.8) is 0 Å². The zero-order valence-electron chi connectivity index (χ0n) is 19.1. The molecule has 3 heterocycles. The van der Waals surface area contributed by atoms with E-state index in [-0.39, 0.29) is 5.91 Å². The van der Waals surface area contributed by atoms with Crippen LogP contribution in [0.5, 0.6) is 0 Å². The summed E-state index contributed by atoms with van der Waals surface area (Å²) in [5.41, 5.74) is 5.46. The van der Waals surface area contributed by atoms with Crippen molar-refractivity contribution in [2.75, 3.05) is 17.2 Å². The van der Waals surface area contributed by atoms with Crippen LogP contribution in [0.4, 0.5) is 11.4 Å². The molecule has 0 bridgehead atoms. The van der Waals surface area contributed by atoms with Gasteiger partial charge in [-0.05, 0) is 42.8 Å². The number of hydrogen-bond acceptors (Lipinski definition) is 5. The number of aryl methyl sites for hydroxylation is 1. The van der Waals surface area contributed by atoms with Gasteiger partial charge in [0.15, 0.2) is 0 Å². The van der Waals surface area contributed by atoms with Crippen molar-refractivity contribution >= 4 is 39.8 Å². The molecule has 0 spiro atoms. The Labute approximate surface area is 207 Å². The molecule has 0 saturated heterocycles. The normalized spacial score (nSPS) is 10.9. The molecule has 7 nitrogen and oxygen atoms in total. The third kappa shape index (κ3) is 4.85. The summed E-state index contributed by atoms with van der Waals surface area (Å²) in [6, 6.07) is 21.0.